The standard InChI is InChI=1S/C16H19FN2O3/c1-16(2)8-12(7-13(20)9-16)18-19-15(21)10-22-14-5-3-11(17)4-6-14/h3-7,18H,8-10H2,1-2H3,(H,19,21). The van der Waals surface area contributed by atoms with Crippen LogP contribution in [0.1, 0.15) is 26.7 Å². The van der Waals surface area contributed by atoms with E-state index in [2.05, 4.69) is 10.9 Å². The average molecular weight is 306 g/mol. The molecule has 0 saturated heterocycles. The maximum absolute atomic E-state index is 12.7. The molecule has 0 atom stereocenters. The fourth-order valence-corrected chi connectivity index (χ4v) is 2.29. The topological polar surface area (TPSA) is 67.4 Å². The third-order valence-electron chi connectivity index (χ3n) is 3.20. The Morgan fingerprint density at radius 2 is 1.95 bits per heavy atom. The predicted octanol–water partition coefficient (Wildman–Crippen LogP) is 2.10. The van der Waals surface area contributed by atoms with Crippen molar-refractivity contribution in [1.82, 2.24) is 10.9 Å². The van der Waals surface area contributed by atoms with Gasteiger partial charge in [-0.2, -0.15) is 0 Å². The number of allylic oxidation sites excluding steroid dienone is 2. The monoisotopic (exact) mass is 306 g/mol. The molecule has 1 aromatic carbocycles. The summed E-state index contributed by atoms with van der Waals surface area (Å²) < 4.78 is 17.9. The molecule has 0 bridgehead atoms. The SMILES string of the molecule is CC1(C)CC(=O)C=C(NNC(=O)COc2ccc(F)cc2)C1. The zero-order chi connectivity index (χ0) is 16.2. The highest BCUT2D eigenvalue weighted by molar-refractivity contribution is 5.91. The Bertz CT molecular complexity index is 594. The number of halogens is 1. The first-order valence-electron chi connectivity index (χ1n) is 7.01. The summed E-state index contributed by atoms with van der Waals surface area (Å²) in [6.07, 6.45) is 2.68. The number of carbonyl (C=O) groups excluding carboxylic acids is 2. The minimum Gasteiger partial charge on any atom is -0.484 e. The molecule has 0 spiro atoms. The van der Waals surface area contributed by atoms with Crippen molar-refractivity contribution in [1.29, 1.82) is 0 Å². The molecule has 5 nitrogen and oxygen atoms in total. The van der Waals surface area contributed by atoms with E-state index in [-0.39, 0.29) is 29.5 Å². The van der Waals surface area contributed by atoms with E-state index in [1.807, 2.05) is 13.8 Å². The minimum atomic E-state index is -0.388. The lowest BCUT2D eigenvalue weighted by molar-refractivity contribution is -0.124. The number of ether oxygens (including phenoxy) is 1. The number of hydrogen-bond donors (Lipinski definition) is 2. The van der Waals surface area contributed by atoms with Crippen LogP contribution in [0.15, 0.2) is 36.0 Å². The summed E-state index contributed by atoms with van der Waals surface area (Å²) in [5, 5.41) is 0. The van der Waals surface area contributed by atoms with E-state index in [9.17, 15) is 14.0 Å². The molecule has 1 amide bonds. The molecule has 1 aliphatic carbocycles. The lowest BCUT2D eigenvalue weighted by Crippen LogP contribution is -2.42. The fourth-order valence-electron chi connectivity index (χ4n) is 2.29. The molecule has 0 heterocycles. The van der Waals surface area contributed by atoms with Gasteiger partial charge in [-0.05, 0) is 36.1 Å². The van der Waals surface area contributed by atoms with Crippen molar-refractivity contribution in [2.24, 2.45) is 5.41 Å². The van der Waals surface area contributed by atoms with Crippen LogP contribution >= 0.6 is 0 Å². The van der Waals surface area contributed by atoms with Crippen LogP contribution < -0.4 is 15.6 Å². The number of amides is 1. The van der Waals surface area contributed by atoms with Crippen molar-refractivity contribution in [3.8, 4) is 5.75 Å². The number of ketones is 1. The number of hydrazine groups is 1. The summed E-state index contributed by atoms with van der Waals surface area (Å²) in [5.74, 6) is -0.309. The van der Waals surface area contributed by atoms with E-state index in [1.165, 1.54) is 30.3 Å². The highest BCUT2D eigenvalue weighted by atomic mass is 19.1. The maximum atomic E-state index is 12.7. The molecular formula is C16H19FN2O3. The molecule has 118 valence electrons. The van der Waals surface area contributed by atoms with Crippen LogP contribution in [0.4, 0.5) is 4.39 Å². The number of nitrogens with one attached hydrogen (secondary N) is 2. The summed E-state index contributed by atoms with van der Waals surface area (Å²) in [5.41, 5.74) is 5.79. The Morgan fingerprint density at radius 3 is 2.59 bits per heavy atom. The van der Waals surface area contributed by atoms with Gasteiger partial charge in [0.25, 0.3) is 5.91 Å². The van der Waals surface area contributed by atoms with Crippen molar-refractivity contribution >= 4 is 11.7 Å². The molecule has 0 unspecified atom stereocenters. The minimum absolute atomic E-state index is 0.0376. The van der Waals surface area contributed by atoms with Gasteiger partial charge >= 0.3 is 0 Å². The highest BCUT2D eigenvalue weighted by Gasteiger charge is 2.27. The molecule has 2 rings (SSSR count). The smallest absolute Gasteiger partial charge is 0.276 e. The van der Waals surface area contributed by atoms with Gasteiger partial charge in [0, 0.05) is 18.2 Å². The van der Waals surface area contributed by atoms with Gasteiger partial charge in [-0.15, -0.1) is 0 Å². The summed E-state index contributed by atoms with van der Waals surface area (Å²) in [6.45, 7) is 3.79. The lowest BCUT2D eigenvalue weighted by Gasteiger charge is -2.29. The van der Waals surface area contributed by atoms with Crippen molar-refractivity contribution in [2.45, 2.75) is 26.7 Å². The Labute approximate surface area is 128 Å². The quantitative estimate of drug-likeness (QED) is 0.818. The third kappa shape index (κ3) is 4.87. The molecule has 1 aliphatic rings. The molecule has 2 N–H and O–H groups in total. The van der Waals surface area contributed by atoms with Gasteiger partial charge in [0.05, 0.1) is 0 Å². The van der Waals surface area contributed by atoms with Gasteiger partial charge in [0.1, 0.15) is 11.6 Å². The fraction of sp³-hybridized carbons (Fsp3) is 0.375. The molecule has 1 aromatic rings. The van der Waals surface area contributed by atoms with Crippen molar-refractivity contribution in [3.05, 3.63) is 41.9 Å². The van der Waals surface area contributed by atoms with Crippen LogP contribution in [-0.2, 0) is 9.59 Å². The Morgan fingerprint density at radius 1 is 1.27 bits per heavy atom. The summed E-state index contributed by atoms with van der Waals surface area (Å²) in [7, 11) is 0. The molecular weight excluding hydrogens is 287 g/mol. The molecule has 0 aromatic heterocycles. The number of benzene rings is 1. The van der Waals surface area contributed by atoms with Crippen molar-refractivity contribution in [2.75, 3.05) is 6.61 Å². The van der Waals surface area contributed by atoms with E-state index >= 15 is 0 Å². The summed E-state index contributed by atoms with van der Waals surface area (Å²) >= 11 is 0. The van der Waals surface area contributed by atoms with Gasteiger partial charge in [-0.25, -0.2) is 4.39 Å². The number of hydrogen-bond acceptors (Lipinski definition) is 4. The van der Waals surface area contributed by atoms with Gasteiger partial charge in [-0.3, -0.25) is 15.0 Å². The lowest BCUT2D eigenvalue weighted by atomic mass is 9.79. The summed E-state index contributed by atoms with van der Waals surface area (Å²) in [6, 6.07) is 5.40. The molecule has 0 aliphatic heterocycles. The first kappa shape index (κ1) is 16.0. The molecule has 22 heavy (non-hydrogen) atoms. The normalized spacial score (nSPS) is 16.7. The average Bonchev–Trinajstić information content (AvgIpc) is 2.42. The first-order chi connectivity index (χ1) is 10.3. The highest BCUT2D eigenvalue weighted by Crippen LogP contribution is 2.32. The molecule has 0 radical (unpaired) electrons. The number of rotatable bonds is 5. The van der Waals surface area contributed by atoms with E-state index in [0.29, 0.717) is 24.3 Å². The molecule has 0 saturated carbocycles. The van der Waals surface area contributed by atoms with Crippen molar-refractivity contribution < 1.29 is 18.7 Å². The van der Waals surface area contributed by atoms with Crippen LogP contribution in [0.2, 0.25) is 0 Å². The van der Waals surface area contributed by atoms with Crippen LogP contribution in [-0.4, -0.2) is 18.3 Å². The first-order valence-corrected chi connectivity index (χ1v) is 7.01. The van der Waals surface area contributed by atoms with E-state index < -0.39 is 0 Å². The molecule has 6 heteroatoms. The van der Waals surface area contributed by atoms with Crippen LogP contribution in [0.5, 0.6) is 5.75 Å². The zero-order valence-corrected chi connectivity index (χ0v) is 12.6. The zero-order valence-electron chi connectivity index (χ0n) is 12.6. The van der Waals surface area contributed by atoms with Crippen molar-refractivity contribution in [3.63, 3.8) is 0 Å². The van der Waals surface area contributed by atoms with Crippen LogP contribution in [0, 0.1) is 11.2 Å². The van der Waals surface area contributed by atoms with Gasteiger partial charge < -0.3 is 10.2 Å². The largest absolute Gasteiger partial charge is 0.484 e. The summed E-state index contributed by atoms with van der Waals surface area (Å²) in [4.78, 5) is 23.3. The Balaban J connectivity index is 1.78. The third-order valence-corrected chi connectivity index (χ3v) is 3.20. The number of carbonyl (C=O) groups is 2. The van der Waals surface area contributed by atoms with Gasteiger partial charge in [-0.1, -0.05) is 13.8 Å². The Kier molecular flexibility index (Phi) is 4.80. The second kappa shape index (κ2) is 6.60. The van der Waals surface area contributed by atoms with Crippen LogP contribution in [0.3, 0.4) is 0 Å². The van der Waals surface area contributed by atoms with E-state index in [0.717, 1.165) is 0 Å². The van der Waals surface area contributed by atoms with Gasteiger partial charge in [0.2, 0.25) is 0 Å². The Hall–Kier alpha value is -2.37. The van der Waals surface area contributed by atoms with E-state index in [4.69, 9.17) is 4.74 Å². The van der Waals surface area contributed by atoms with Gasteiger partial charge in [0.15, 0.2) is 12.4 Å². The van der Waals surface area contributed by atoms with E-state index in [1.54, 1.807) is 0 Å². The maximum Gasteiger partial charge on any atom is 0.276 e. The second-order valence-corrected chi connectivity index (χ2v) is 6.07. The second-order valence-electron chi connectivity index (χ2n) is 6.07. The predicted molar refractivity (Wildman–Crippen MR) is 79.3 cm³/mol. The van der Waals surface area contributed by atoms with Crippen LogP contribution in [0.25, 0.3) is 0 Å². The molecule has 0 fully saturated rings.